The molecule has 1 fully saturated rings. The number of rotatable bonds is 4. The molecule has 1 aromatic carbocycles. The fourth-order valence-electron chi connectivity index (χ4n) is 2.71. The summed E-state index contributed by atoms with van der Waals surface area (Å²) in [5.74, 6) is 1.36. The number of nitrogens with zero attached hydrogens (tertiary/aromatic N) is 2. The van der Waals surface area contributed by atoms with Crippen LogP contribution in [-0.2, 0) is 16.1 Å². The van der Waals surface area contributed by atoms with Gasteiger partial charge in [-0.05, 0) is 37.0 Å². The van der Waals surface area contributed by atoms with Crippen LogP contribution >= 0.6 is 0 Å². The van der Waals surface area contributed by atoms with Crippen molar-refractivity contribution in [3.05, 3.63) is 29.6 Å². The Morgan fingerprint density at radius 3 is 3.14 bits per heavy atom. The molecule has 0 bridgehead atoms. The number of carbonyl (C=O) groups excluding carboxylic acids is 1. The predicted molar refractivity (Wildman–Crippen MR) is 80.8 cm³/mol. The molecule has 5 heteroatoms. The summed E-state index contributed by atoms with van der Waals surface area (Å²) in [5, 5.41) is 0. The van der Waals surface area contributed by atoms with Crippen LogP contribution in [0.4, 0.5) is 0 Å². The van der Waals surface area contributed by atoms with E-state index in [0.29, 0.717) is 25.5 Å². The van der Waals surface area contributed by atoms with Gasteiger partial charge >= 0.3 is 0 Å². The molecule has 1 N–H and O–H groups in total. The summed E-state index contributed by atoms with van der Waals surface area (Å²) in [6.45, 7) is 4.06. The molecule has 1 atom stereocenters. The van der Waals surface area contributed by atoms with Crippen LogP contribution in [0, 0.1) is 12.8 Å². The molecule has 3 rings (SSSR count). The average Bonchev–Trinajstić information content (AvgIpc) is 3.07. The zero-order valence-corrected chi connectivity index (χ0v) is 12.6. The SMILES string of the molecule is Cc1ccc2nc(CN(C)C(=O)CC3CCOC3)[nH]c2c1. The zero-order chi connectivity index (χ0) is 14.8. The van der Waals surface area contributed by atoms with Crippen LogP contribution in [-0.4, -0.2) is 41.0 Å². The Morgan fingerprint density at radius 2 is 2.38 bits per heavy atom. The molecule has 1 aromatic heterocycles. The van der Waals surface area contributed by atoms with Gasteiger partial charge in [0, 0.05) is 26.7 Å². The van der Waals surface area contributed by atoms with Crippen molar-refractivity contribution >= 4 is 16.9 Å². The van der Waals surface area contributed by atoms with E-state index in [-0.39, 0.29) is 5.91 Å². The summed E-state index contributed by atoms with van der Waals surface area (Å²) in [6.07, 6.45) is 1.55. The zero-order valence-electron chi connectivity index (χ0n) is 12.6. The van der Waals surface area contributed by atoms with Crippen molar-refractivity contribution in [3.8, 4) is 0 Å². The van der Waals surface area contributed by atoms with Crippen LogP contribution in [0.3, 0.4) is 0 Å². The first-order valence-corrected chi connectivity index (χ1v) is 7.39. The monoisotopic (exact) mass is 287 g/mol. The fourth-order valence-corrected chi connectivity index (χ4v) is 2.71. The second-order valence-electron chi connectivity index (χ2n) is 5.89. The van der Waals surface area contributed by atoms with E-state index in [2.05, 4.69) is 23.0 Å². The smallest absolute Gasteiger partial charge is 0.223 e. The third-order valence-electron chi connectivity index (χ3n) is 3.99. The van der Waals surface area contributed by atoms with E-state index in [0.717, 1.165) is 29.9 Å². The van der Waals surface area contributed by atoms with E-state index in [9.17, 15) is 4.79 Å². The van der Waals surface area contributed by atoms with Crippen molar-refractivity contribution in [1.29, 1.82) is 0 Å². The predicted octanol–water partition coefficient (Wildman–Crippen LogP) is 2.26. The maximum Gasteiger partial charge on any atom is 0.223 e. The number of carbonyl (C=O) groups is 1. The lowest BCUT2D eigenvalue weighted by atomic mass is 10.0. The lowest BCUT2D eigenvalue weighted by Gasteiger charge is -2.17. The van der Waals surface area contributed by atoms with Crippen LogP contribution < -0.4 is 0 Å². The van der Waals surface area contributed by atoms with Gasteiger partial charge in [-0.2, -0.15) is 0 Å². The highest BCUT2D eigenvalue weighted by Crippen LogP contribution is 2.18. The van der Waals surface area contributed by atoms with Gasteiger partial charge in [-0.1, -0.05) is 6.07 Å². The molecule has 0 spiro atoms. The van der Waals surface area contributed by atoms with E-state index in [1.807, 2.05) is 19.2 Å². The number of ether oxygens (including phenoxy) is 1. The summed E-state index contributed by atoms with van der Waals surface area (Å²) in [4.78, 5) is 21.8. The number of amides is 1. The minimum Gasteiger partial charge on any atom is -0.381 e. The Hall–Kier alpha value is -1.88. The van der Waals surface area contributed by atoms with Crippen LogP contribution in [0.1, 0.15) is 24.2 Å². The third-order valence-corrected chi connectivity index (χ3v) is 3.99. The molecule has 0 radical (unpaired) electrons. The van der Waals surface area contributed by atoms with Crippen molar-refractivity contribution in [3.63, 3.8) is 0 Å². The number of fused-ring (bicyclic) bond motifs is 1. The van der Waals surface area contributed by atoms with E-state index >= 15 is 0 Å². The molecule has 2 aromatic rings. The Morgan fingerprint density at radius 1 is 1.52 bits per heavy atom. The molecule has 0 saturated carbocycles. The van der Waals surface area contributed by atoms with Crippen molar-refractivity contribution in [2.24, 2.45) is 5.92 Å². The van der Waals surface area contributed by atoms with Crippen LogP contribution in [0.2, 0.25) is 0 Å². The van der Waals surface area contributed by atoms with E-state index in [1.165, 1.54) is 5.56 Å². The van der Waals surface area contributed by atoms with Crippen molar-refractivity contribution in [2.45, 2.75) is 26.3 Å². The topological polar surface area (TPSA) is 58.2 Å². The molecule has 112 valence electrons. The Kier molecular flexibility index (Phi) is 3.92. The van der Waals surface area contributed by atoms with Gasteiger partial charge < -0.3 is 14.6 Å². The van der Waals surface area contributed by atoms with Crippen LogP contribution in [0.5, 0.6) is 0 Å². The maximum atomic E-state index is 12.2. The summed E-state index contributed by atoms with van der Waals surface area (Å²) in [5.41, 5.74) is 3.17. The van der Waals surface area contributed by atoms with Crippen LogP contribution in [0.25, 0.3) is 11.0 Å². The molecule has 5 nitrogen and oxygen atoms in total. The summed E-state index contributed by atoms with van der Waals surface area (Å²) in [7, 11) is 1.83. The Labute approximate surface area is 124 Å². The molecular weight excluding hydrogens is 266 g/mol. The number of hydrogen-bond acceptors (Lipinski definition) is 3. The molecule has 0 aliphatic carbocycles. The van der Waals surface area contributed by atoms with Gasteiger partial charge in [0.25, 0.3) is 0 Å². The lowest BCUT2D eigenvalue weighted by Crippen LogP contribution is -2.28. The number of nitrogens with one attached hydrogen (secondary N) is 1. The van der Waals surface area contributed by atoms with Crippen molar-refractivity contribution < 1.29 is 9.53 Å². The normalized spacial score (nSPS) is 18.3. The third kappa shape index (κ3) is 3.24. The molecule has 21 heavy (non-hydrogen) atoms. The number of aromatic amines is 1. The van der Waals surface area contributed by atoms with E-state index in [1.54, 1.807) is 4.90 Å². The van der Waals surface area contributed by atoms with Gasteiger partial charge in [-0.3, -0.25) is 4.79 Å². The Bertz CT molecular complexity index is 644. The summed E-state index contributed by atoms with van der Waals surface area (Å²) >= 11 is 0. The first-order valence-electron chi connectivity index (χ1n) is 7.39. The molecule has 1 unspecified atom stereocenters. The van der Waals surface area contributed by atoms with Crippen LogP contribution in [0.15, 0.2) is 18.2 Å². The summed E-state index contributed by atoms with van der Waals surface area (Å²) < 4.78 is 5.32. The highest BCUT2D eigenvalue weighted by atomic mass is 16.5. The van der Waals surface area contributed by atoms with Gasteiger partial charge in [-0.15, -0.1) is 0 Å². The van der Waals surface area contributed by atoms with Gasteiger partial charge in [0.05, 0.1) is 17.6 Å². The second-order valence-corrected chi connectivity index (χ2v) is 5.89. The quantitative estimate of drug-likeness (QED) is 0.938. The largest absolute Gasteiger partial charge is 0.381 e. The first kappa shape index (κ1) is 14.1. The van der Waals surface area contributed by atoms with E-state index in [4.69, 9.17) is 4.74 Å². The number of benzene rings is 1. The van der Waals surface area contributed by atoms with E-state index < -0.39 is 0 Å². The van der Waals surface area contributed by atoms with Gasteiger partial charge in [0.15, 0.2) is 0 Å². The first-order chi connectivity index (χ1) is 10.1. The maximum absolute atomic E-state index is 12.2. The number of hydrogen-bond donors (Lipinski definition) is 1. The number of aryl methyl sites for hydroxylation is 1. The molecule has 1 saturated heterocycles. The standard InChI is InChI=1S/C16H21N3O2/c1-11-3-4-13-14(7-11)18-15(17-13)9-19(2)16(20)8-12-5-6-21-10-12/h3-4,7,12H,5-6,8-10H2,1-2H3,(H,17,18). The highest BCUT2D eigenvalue weighted by molar-refractivity contribution is 5.77. The molecule has 1 aliphatic rings. The second kappa shape index (κ2) is 5.85. The minimum absolute atomic E-state index is 0.155. The number of H-pyrrole nitrogens is 1. The molecule has 2 heterocycles. The number of aromatic nitrogens is 2. The summed E-state index contributed by atoms with van der Waals surface area (Å²) in [6, 6.07) is 6.12. The Balaban J connectivity index is 1.64. The molecule has 1 aliphatic heterocycles. The van der Waals surface area contributed by atoms with Gasteiger partial charge in [-0.25, -0.2) is 4.98 Å². The van der Waals surface area contributed by atoms with Crippen molar-refractivity contribution in [1.82, 2.24) is 14.9 Å². The lowest BCUT2D eigenvalue weighted by molar-refractivity contribution is -0.131. The average molecular weight is 287 g/mol. The van der Waals surface area contributed by atoms with Crippen molar-refractivity contribution in [2.75, 3.05) is 20.3 Å². The number of imidazole rings is 1. The fraction of sp³-hybridized carbons (Fsp3) is 0.500. The molecular formula is C16H21N3O2. The van der Waals surface area contributed by atoms with Gasteiger partial charge in [0.1, 0.15) is 5.82 Å². The van der Waals surface area contributed by atoms with Gasteiger partial charge in [0.2, 0.25) is 5.91 Å². The highest BCUT2D eigenvalue weighted by Gasteiger charge is 2.21. The molecule has 1 amide bonds. The minimum atomic E-state index is 0.155.